The van der Waals surface area contributed by atoms with E-state index < -0.39 is 12.0 Å². The number of hydrogen-bond acceptors (Lipinski definition) is 3. The Morgan fingerprint density at radius 2 is 1.86 bits per heavy atom. The average molecular weight is 297 g/mol. The highest BCUT2D eigenvalue weighted by molar-refractivity contribution is 6.00. The van der Waals surface area contributed by atoms with Crippen molar-refractivity contribution in [2.45, 2.75) is 12.6 Å². The van der Waals surface area contributed by atoms with E-state index in [0.717, 1.165) is 5.56 Å². The highest BCUT2D eigenvalue weighted by Crippen LogP contribution is 2.35. The van der Waals surface area contributed by atoms with Crippen LogP contribution in [-0.4, -0.2) is 29.0 Å². The molecule has 1 aliphatic heterocycles. The number of benzene rings is 2. The van der Waals surface area contributed by atoms with Gasteiger partial charge in [0.1, 0.15) is 5.75 Å². The summed E-state index contributed by atoms with van der Waals surface area (Å²) < 4.78 is 5.25. The van der Waals surface area contributed by atoms with Crippen molar-refractivity contribution in [1.82, 2.24) is 4.90 Å². The van der Waals surface area contributed by atoms with Gasteiger partial charge >= 0.3 is 5.97 Å². The summed E-state index contributed by atoms with van der Waals surface area (Å²) in [6.45, 7) is 0.282. The van der Waals surface area contributed by atoms with Gasteiger partial charge in [-0.25, -0.2) is 4.79 Å². The van der Waals surface area contributed by atoms with Gasteiger partial charge in [-0.05, 0) is 17.7 Å². The van der Waals surface area contributed by atoms with Crippen molar-refractivity contribution in [2.75, 3.05) is 7.11 Å². The monoisotopic (exact) mass is 297 g/mol. The van der Waals surface area contributed by atoms with Crippen LogP contribution in [0.5, 0.6) is 5.75 Å². The molecule has 5 nitrogen and oxygen atoms in total. The first kappa shape index (κ1) is 14.1. The SMILES string of the molecule is COc1ccccc1C(C(=O)O)N1Cc2ccccc2C1=O. The van der Waals surface area contributed by atoms with E-state index in [1.165, 1.54) is 12.0 Å². The number of methoxy groups -OCH3 is 1. The van der Waals surface area contributed by atoms with Gasteiger partial charge in [0.15, 0.2) is 6.04 Å². The summed E-state index contributed by atoms with van der Waals surface area (Å²) in [5, 5.41) is 9.65. The standard InChI is InChI=1S/C17H15NO4/c1-22-14-9-5-4-8-13(14)15(17(20)21)18-10-11-6-2-3-7-12(11)16(18)19/h2-9,15H,10H2,1H3,(H,20,21). The van der Waals surface area contributed by atoms with Crippen molar-refractivity contribution in [3.05, 3.63) is 65.2 Å². The van der Waals surface area contributed by atoms with E-state index in [1.807, 2.05) is 12.1 Å². The Morgan fingerprint density at radius 1 is 1.18 bits per heavy atom. The summed E-state index contributed by atoms with van der Waals surface area (Å²) >= 11 is 0. The number of ether oxygens (including phenoxy) is 1. The van der Waals surface area contributed by atoms with E-state index in [9.17, 15) is 14.7 Å². The van der Waals surface area contributed by atoms with Gasteiger partial charge in [-0.3, -0.25) is 4.79 Å². The molecule has 1 amide bonds. The second-order valence-electron chi connectivity index (χ2n) is 5.07. The molecule has 1 N–H and O–H groups in total. The lowest BCUT2D eigenvalue weighted by Gasteiger charge is -2.25. The lowest BCUT2D eigenvalue weighted by atomic mass is 10.0. The third-order valence-corrected chi connectivity index (χ3v) is 3.83. The summed E-state index contributed by atoms with van der Waals surface area (Å²) in [5.74, 6) is -0.891. The van der Waals surface area contributed by atoms with Gasteiger partial charge in [-0.2, -0.15) is 0 Å². The van der Waals surface area contributed by atoms with Crippen molar-refractivity contribution in [3.8, 4) is 5.75 Å². The van der Waals surface area contributed by atoms with Crippen LogP contribution < -0.4 is 4.74 Å². The first-order chi connectivity index (χ1) is 10.6. The number of para-hydroxylation sites is 1. The summed E-state index contributed by atoms with van der Waals surface area (Å²) in [6, 6.07) is 13.0. The van der Waals surface area contributed by atoms with E-state index in [0.29, 0.717) is 16.9 Å². The molecule has 0 aliphatic carbocycles. The van der Waals surface area contributed by atoms with Crippen molar-refractivity contribution in [2.24, 2.45) is 0 Å². The smallest absolute Gasteiger partial charge is 0.331 e. The predicted molar refractivity (Wildman–Crippen MR) is 79.7 cm³/mol. The number of amides is 1. The van der Waals surface area contributed by atoms with Crippen LogP contribution in [0.4, 0.5) is 0 Å². The number of carbonyl (C=O) groups is 2. The van der Waals surface area contributed by atoms with E-state index in [1.54, 1.807) is 36.4 Å². The lowest BCUT2D eigenvalue weighted by Crippen LogP contribution is -2.34. The van der Waals surface area contributed by atoms with Crippen LogP contribution in [0.25, 0.3) is 0 Å². The molecule has 0 spiro atoms. The Bertz CT molecular complexity index is 741. The lowest BCUT2D eigenvalue weighted by molar-refractivity contribution is -0.142. The molecule has 112 valence electrons. The fourth-order valence-corrected chi connectivity index (χ4v) is 2.81. The Morgan fingerprint density at radius 3 is 2.55 bits per heavy atom. The van der Waals surface area contributed by atoms with E-state index >= 15 is 0 Å². The van der Waals surface area contributed by atoms with Gasteiger partial charge in [-0.15, -0.1) is 0 Å². The molecule has 0 bridgehead atoms. The minimum atomic E-state index is -1.08. The highest BCUT2D eigenvalue weighted by atomic mass is 16.5. The number of fused-ring (bicyclic) bond motifs is 1. The van der Waals surface area contributed by atoms with Crippen LogP contribution in [0.3, 0.4) is 0 Å². The molecule has 5 heteroatoms. The topological polar surface area (TPSA) is 66.8 Å². The Kier molecular flexibility index (Phi) is 3.55. The van der Waals surface area contributed by atoms with E-state index in [2.05, 4.69) is 0 Å². The molecule has 0 saturated carbocycles. The van der Waals surface area contributed by atoms with Crippen LogP contribution in [0.2, 0.25) is 0 Å². The van der Waals surface area contributed by atoms with Gasteiger partial charge < -0.3 is 14.7 Å². The zero-order chi connectivity index (χ0) is 15.7. The van der Waals surface area contributed by atoms with Gasteiger partial charge in [0.05, 0.1) is 7.11 Å². The van der Waals surface area contributed by atoms with Gasteiger partial charge in [0.25, 0.3) is 5.91 Å². The van der Waals surface area contributed by atoms with E-state index in [4.69, 9.17) is 4.74 Å². The molecule has 3 rings (SSSR count). The minimum Gasteiger partial charge on any atom is -0.496 e. The van der Waals surface area contributed by atoms with Gasteiger partial charge in [-0.1, -0.05) is 36.4 Å². The first-order valence-electron chi connectivity index (χ1n) is 6.88. The number of carboxylic acid groups (broad SMARTS) is 1. The fraction of sp³-hybridized carbons (Fsp3) is 0.176. The summed E-state index contributed by atoms with van der Waals surface area (Å²) in [6.07, 6.45) is 0. The second kappa shape index (κ2) is 5.52. The third-order valence-electron chi connectivity index (χ3n) is 3.83. The molecule has 0 radical (unpaired) electrons. The van der Waals surface area contributed by atoms with Crippen LogP contribution in [0.15, 0.2) is 48.5 Å². The quantitative estimate of drug-likeness (QED) is 0.941. The third kappa shape index (κ3) is 2.20. The summed E-state index contributed by atoms with van der Waals surface area (Å²) in [7, 11) is 1.48. The first-order valence-corrected chi connectivity index (χ1v) is 6.88. The summed E-state index contributed by atoms with van der Waals surface area (Å²) in [4.78, 5) is 25.7. The van der Waals surface area contributed by atoms with Crippen molar-refractivity contribution >= 4 is 11.9 Å². The Hall–Kier alpha value is -2.82. The molecule has 1 unspecified atom stereocenters. The van der Waals surface area contributed by atoms with Gasteiger partial charge in [0, 0.05) is 17.7 Å². The highest BCUT2D eigenvalue weighted by Gasteiger charge is 2.38. The normalized spacial score (nSPS) is 14.6. The molecule has 22 heavy (non-hydrogen) atoms. The fourth-order valence-electron chi connectivity index (χ4n) is 2.81. The maximum absolute atomic E-state index is 12.5. The summed E-state index contributed by atoms with van der Waals surface area (Å²) in [5.41, 5.74) is 1.87. The van der Waals surface area contributed by atoms with Crippen molar-refractivity contribution < 1.29 is 19.4 Å². The molecule has 0 saturated heterocycles. The molecule has 1 heterocycles. The molecule has 0 fully saturated rings. The van der Waals surface area contributed by atoms with Crippen LogP contribution in [0.1, 0.15) is 27.5 Å². The molecular formula is C17H15NO4. The van der Waals surface area contributed by atoms with E-state index in [-0.39, 0.29) is 12.5 Å². The largest absolute Gasteiger partial charge is 0.496 e. The average Bonchev–Trinajstić information content (AvgIpc) is 2.85. The zero-order valence-electron chi connectivity index (χ0n) is 12.0. The number of carboxylic acids is 1. The zero-order valence-corrected chi connectivity index (χ0v) is 12.0. The maximum Gasteiger partial charge on any atom is 0.331 e. The molecule has 0 aromatic heterocycles. The Balaban J connectivity index is 2.04. The predicted octanol–water partition coefficient (Wildman–Crippen LogP) is 2.48. The molecule has 1 atom stereocenters. The molecule has 2 aromatic rings. The van der Waals surface area contributed by atoms with Crippen LogP contribution in [-0.2, 0) is 11.3 Å². The minimum absolute atomic E-state index is 0.270. The molecule has 2 aromatic carbocycles. The van der Waals surface area contributed by atoms with Crippen molar-refractivity contribution in [3.63, 3.8) is 0 Å². The van der Waals surface area contributed by atoms with Gasteiger partial charge in [0.2, 0.25) is 0 Å². The molecule has 1 aliphatic rings. The number of carbonyl (C=O) groups excluding carboxylic acids is 1. The van der Waals surface area contributed by atoms with Crippen LogP contribution in [0, 0.1) is 0 Å². The number of aliphatic carboxylic acids is 1. The number of hydrogen-bond donors (Lipinski definition) is 1. The van der Waals surface area contributed by atoms with Crippen molar-refractivity contribution in [1.29, 1.82) is 0 Å². The second-order valence-corrected chi connectivity index (χ2v) is 5.07. The van der Waals surface area contributed by atoms with Crippen LogP contribution >= 0.6 is 0 Å². The number of rotatable bonds is 4. The maximum atomic E-state index is 12.5. The Labute approximate surface area is 127 Å². The molecular weight excluding hydrogens is 282 g/mol. The number of nitrogens with zero attached hydrogens (tertiary/aromatic N) is 1.